The zero-order valence-electron chi connectivity index (χ0n) is 9.79. The molecule has 0 fully saturated rings. The van der Waals surface area contributed by atoms with Gasteiger partial charge in [0.25, 0.3) is 5.78 Å². The smallest absolute Gasteiger partial charge is 0.312 e. The molecule has 1 atom stereocenters. The molecule has 1 N–H and O–H groups in total. The summed E-state index contributed by atoms with van der Waals surface area (Å²) in [6, 6.07) is 1.76. The van der Waals surface area contributed by atoms with Gasteiger partial charge < -0.3 is 5.11 Å². The van der Waals surface area contributed by atoms with Crippen LogP contribution in [0.1, 0.15) is 37.1 Å². The highest BCUT2D eigenvalue weighted by molar-refractivity contribution is 5.75. The van der Waals surface area contributed by atoms with Crippen molar-refractivity contribution in [3.05, 3.63) is 23.8 Å². The molecule has 0 aliphatic heterocycles. The van der Waals surface area contributed by atoms with E-state index < -0.39 is 11.9 Å². The fraction of sp³-hybridized carbons (Fsp3) is 0.455. The molecule has 17 heavy (non-hydrogen) atoms. The summed E-state index contributed by atoms with van der Waals surface area (Å²) in [7, 11) is 0. The molecular formula is C11H14N4O2. The van der Waals surface area contributed by atoms with Crippen LogP contribution in [0.15, 0.2) is 12.4 Å². The van der Waals surface area contributed by atoms with E-state index in [9.17, 15) is 9.90 Å². The van der Waals surface area contributed by atoms with E-state index in [2.05, 4.69) is 15.1 Å². The molecule has 1 unspecified atom stereocenters. The van der Waals surface area contributed by atoms with Crippen molar-refractivity contribution >= 4 is 11.7 Å². The molecule has 2 heterocycles. The van der Waals surface area contributed by atoms with Crippen LogP contribution in [0.5, 0.6) is 0 Å². The Hall–Kier alpha value is -1.98. The van der Waals surface area contributed by atoms with E-state index >= 15 is 0 Å². The van der Waals surface area contributed by atoms with Gasteiger partial charge in [-0.2, -0.15) is 10.1 Å². The molecule has 0 spiro atoms. The SMILES string of the molecule is CCCC(C(=O)O)c1cc(C)nc2ncnn12. The summed E-state index contributed by atoms with van der Waals surface area (Å²) >= 11 is 0. The van der Waals surface area contributed by atoms with Gasteiger partial charge >= 0.3 is 5.97 Å². The predicted molar refractivity (Wildman–Crippen MR) is 60.8 cm³/mol. The average molecular weight is 234 g/mol. The van der Waals surface area contributed by atoms with Crippen LogP contribution < -0.4 is 0 Å². The number of aromatic nitrogens is 4. The Morgan fingerprint density at radius 1 is 1.59 bits per heavy atom. The second-order valence-electron chi connectivity index (χ2n) is 3.97. The van der Waals surface area contributed by atoms with E-state index in [1.807, 2.05) is 13.8 Å². The summed E-state index contributed by atoms with van der Waals surface area (Å²) in [5.74, 6) is -0.956. The van der Waals surface area contributed by atoms with E-state index in [0.29, 0.717) is 17.9 Å². The van der Waals surface area contributed by atoms with Crippen LogP contribution in [0.25, 0.3) is 5.78 Å². The van der Waals surface area contributed by atoms with E-state index in [4.69, 9.17) is 0 Å². The maximum atomic E-state index is 11.3. The number of aryl methyl sites for hydroxylation is 1. The number of carbonyl (C=O) groups is 1. The molecule has 0 aromatic carbocycles. The number of fused-ring (bicyclic) bond motifs is 1. The third kappa shape index (κ3) is 2.11. The van der Waals surface area contributed by atoms with Crippen LogP contribution in [0.2, 0.25) is 0 Å². The highest BCUT2D eigenvalue weighted by atomic mass is 16.4. The lowest BCUT2D eigenvalue weighted by atomic mass is 9.99. The highest BCUT2D eigenvalue weighted by Gasteiger charge is 2.23. The first-order valence-electron chi connectivity index (χ1n) is 5.53. The number of hydrogen-bond acceptors (Lipinski definition) is 4. The number of carboxylic acids is 1. The van der Waals surface area contributed by atoms with Gasteiger partial charge in [-0.1, -0.05) is 13.3 Å². The minimum atomic E-state index is -0.839. The monoisotopic (exact) mass is 234 g/mol. The van der Waals surface area contributed by atoms with Gasteiger partial charge in [-0.3, -0.25) is 4.79 Å². The first-order valence-corrected chi connectivity index (χ1v) is 5.53. The molecule has 2 rings (SSSR count). The number of nitrogens with zero attached hydrogens (tertiary/aromatic N) is 4. The minimum Gasteiger partial charge on any atom is -0.481 e. The van der Waals surface area contributed by atoms with Crippen molar-refractivity contribution in [1.82, 2.24) is 19.6 Å². The Morgan fingerprint density at radius 2 is 2.35 bits per heavy atom. The molecule has 0 amide bonds. The normalized spacial score (nSPS) is 12.8. The lowest BCUT2D eigenvalue weighted by Gasteiger charge is -2.13. The predicted octanol–water partition coefficient (Wildman–Crippen LogP) is 1.40. The van der Waals surface area contributed by atoms with Gasteiger partial charge in [0.1, 0.15) is 6.33 Å². The van der Waals surface area contributed by atoms with E-state index in [1.54, 1.807) is 6.07 Å². The number of rotatable bonds is 4. The van der Waals surface area contributed by atoms with Gasteiger partial charge in [-0.05, 0) is 19.4 Å². The Balaban J connectivity index is 2.58. The lowest BCUT2D eigenvalue weighted by molar-refractivity contribution is -0.139. The summed E-state index contributed by atoms with van der Waals surface area (Å²) in [6.07, 6.45) is 2.76. The standard InChI is InChI=1S/C11H14N4O2/c1-3-4-8(10(16)17)9-5-7(2)14-11-12-6-13-15(9)11/h5-6,8H,3-4H2,1-2H3,(H,16,17). The van der Waals surface area contributed by atoms with Gasteiger partial charge in [-0.25, -0.2) is 9.50 Å². The summed E-state index contributed by atoms with van der Waals surface area (Å²) in [4.78, 5) is 19.5. The fourth-order valence-corrected chi connectivity index (χ4v) is 1.89. The highest BCUT2D eigenvalue weighted by Crippen LogP contribution is 2.22. The Kier molecular flexibility index (Phi) is 3.03. The summed E-state index contributed by atoms with van der Waals surface area (Å²) < 4.78 is 1.50. The van der Waals surface area contributed by atoms with Crippen LogP contribution in [-0.2, 0) is 4.79 Å². The fourth-order valence-electron chi connectivity index (χ4n) is 1.89. The first-order chi connectivity index (χ1) is 8.13. The quantitative estimate of drug-likeness (QED) is 0.864. The molecule has 2 aromatic rings. The van der Waals surface area contributed by atoms with Gasteiger partial charge in [0, 0.05) is 5.69 Å². The Bertz CT molecular complexity index is 549. The molecule has 0 saturated carbocycles. The van der Waals surface area contributed by atoms with Crippen molar-refractivity contribution in [3.8, 4) is 0 Å². The zero-order valence-corrected chi connectivity index (χ0v) is 9.79. The zero-order chi connectivity index (χ0) is 12.4. The van der Waals surface area contributed by atoms with Gasteiger partial charge in [0.15, 0.2) is 0 Å². The van der Waals surface area contributed by atoms with E-state index in [-0.39, 0.29) is 0 Å². The topological polar surface area (TPSA) is 80.4 Å². The van der Waals surface area contributed by atoms with Gasteiger partial charge in [-0.15, -0.1) is 0 Å². The number of aliphatic carboxylic acids is 1. The van der Waals surface area contributed by atoms with Crippen LogP contribution in [0.4, 0.5) is 0 Å². The van der Waals surface area contributed by atoms with E-state index in [1.165, 1.54) is 10.8 Å². The lowest BCUT2D eigenvalue weighted by Crippen LogP contribution is -2.16. The molecular weight excluding hydrogens is 220 g/mol. The van der Waals surface area contributed by atoms with Crippen molar-refractivity contribution in [2.45, 2.75) is 32.6 Å². The Morgan fingerprint density at radius 3 is 3.00 bits per heavy atom. The molecule has 90 valence electrons. The average Bonchev–Trinajstić information content (AvgIpc) is 2.72. The molecule has 0 aliphatic rings. The largest absolute Gasteiger partial charge is 0.481 e. The van der Waals surface area contributed by atoms with Gasteiger partial charge in [0.05, 0.1) is 11.6 Å². The third-order valence-corrected chi connectivity index (χ3v) is 2.64. The molecule has 0 radical (unpaired) electrons. The Labute approximate surface area is 98.3 Å². The van der Waals surface area contributed by atoms with Crippen molar-refractivity contribution in [2.75, 3.05) is 0 Å². The van der Waals surface area contributed by atoms with Crippen molar-refractivity contribution < 1.29 is 9.90 Å². The van der Waals surface area contributed by atoms with Crippen LogP contribution in [-0.4, -0.2) is 30.7 Å². The second-order valence-corrected chi connectivity index (χ2v) is 3.97. The van der Waals surface area contributed by atoms with Crippen molar-refractivity contribution in [3.63, 3.8) is 0 Å². The molecule has 6 nitrogen and oxygen atoms in total. The summed E-state index contributed by atoms with van der Waals surface area (Å²) in [5, 5.41) is 13.3. The first kappa shape index (κ1) is 11.5. The molecule has 0 bridgehead atoms. The van der Waals surface area contributed by atoms with Crippen LogP contribution in [0.3, 0.4) is 0 Å². The van der Waals surface area contributed by atoms with Gasteiger partial charge in [0.2, 0.25) is 0 Å². The maximum absolute atomic E-state index is 11.3. The molecule has 2 aromatic heterocycles. The number of hydrogen-bond donors (Lipinski definition) is 1. The van der Waals surface area contributed by atoms with Crippen molar-refractivity contribution in [2.24, 2.45) is 0 Å². The maximum Gasteiger partial charge on any atom is 0.312 e. The number of carboxylic acid groups (broad SMARTS) is 1. The molecule has 0 saturated heterocycles. The summed E-state index contributed by atoms with van der Waals surface area (Å²) in [5.41, 5.74) is 1.39. The second kappa shape index (κ2) is 4.48. The van der Waals surface area contributed by atoms with Crippen LogP contribution >= 0.6 is 0 Å². The molecule has 0 aliphatic carbocycles. The van der Waals surface area contributed by atoms with Crippen molar-refractivity contribution in [1.29, 1.82) is 0 Å². The third-order valence-electron chi connectivity index (χ3n) is 2.64. The van der Waals surface area contributed by atoms with Crippen LogP contribution in [0, 0.1) is 6.92 Å². The summed E-state index contributed by atoms with van der Waals surface area (Å²) in [6.45, 7) is 3.78. The minimum absolute atomic E-state index is 0.447. The molecule has 6 heteroatoms. The van der Waals surface area contributed by atoms with E-state index in [0.717, 1.165) is 12.1 Å².